The Labute approximate surface area is 195 Å². The average molecular weight is 486 g/mol. The maximum atomic E-state index is 12.8. The minimum atomic E-state index is -4.34. The molecule has 0 spiro atoms. The van der Waals surface area contributed by atoms with Gasteiger partial charge < -0.3 is 20.0 Å². The van der Waals surface area contributed by atoms with Gasteiger partial charge in [-0.05, 0) is 37.9 Å². The molecular weight excluding hydrogens is 457 g/mol. The van der Waals surface area contributed by atoms with Crippen molar-refractivity contribution in [2.45, 2.75) is 31.9 Å². The first-order valence-electron chi connectivity index (χ1n) is 11.0. The van der Waals surface area contributed by atoms with Crippen molar-refractivity contribution in [1.82, 2.24) is 14.8 Å². The Bertz CT molecular complexity index is 854. The summed E-state index contributed by atoms with van der Waals surface area (Å²) >= 11 is 0. The number of halogens is 3. The standard InChI is InChI=1S/C18H25F3N4O.C4H4O4/c19-18(20,21)15-5-6-22-16(14-15)24-12-10-23(11-13-24)7-1-2-8-25-9-3-4-17(25)26;5-3(6)1-2-4(7)8/h5-6,14H,1-4,7-13H2;1-2H,(H,5,6)(H,7,8). The number of alkyl halides is 3. The van der Waals surface area contributed by atoms with Crippen molar-refractivity contribution in [3.05, 3.63) is 36.0 Å². The Morgan fingerprint density at radius 1 is 1.00 bits per heavy atom. The van der Waals surface area contributed by atoms with E-state index in [1.54, 1.807) is 0 Å². The number of carboxylic acids is 2. The quantitative estimate of drug-likeness (QED) is 0.425. The zero-order chi connectivity index (χ0) is 25.1. The summed E-state index contributed by atoms with van der Waals surface area (Å²) in [5, 5.41) is 15.6. The first-order valence-corrected chi connectivity index (χ1v) is 11.0. The first-order chi connectivity index (χ1) is 16.1. The van der Waals surface area contributed by atoms with Crippen LogP contribution in [0.1, 0.15) is 31.2 Å². The Kier molecular flexibility index (Phi) is 10.3. The molecular formula is C22H29F3N4O5. The van der Waals surface area contributed by atoms with Gasteiger partial charge in [0.05, 0.1) is 5.56 Å². The van der Waals surface area contributed by atoms with E-state index in [2.05, 4.69) is 9.88 Å². The van der Waals surface area contributed by atoms with Crippen LogP contribution < -0.4 is 4.90 Å². The van der Waals surface area contributed by atoms with Crippen LogP contribution in [0.4, 0.5) is 19.0 Å². The molecule has 0 bridgehead atoms. The summed E-state index contributed by atoms with van der Waals surface area (Å²) in [6.07, 6.45) is 1.70. The Morgan fingerprint density at radius 3 is 2.15 bits per heavy atom. The molecule has 2 saturated heterocycles. The molecule has 188 valence electrons. The summed E-state index contributed by atoms with van der Waals surface area (Å²) in [5.74, 6) is -1.85. The lowest BCUT2D eigenvalue weighted by molar-refractivity contribution is -0.137. The number of unbranched alkanes of at least 4 members (excludes halogenated alkanes) is 1. The van der Waals surface area contributed by atoms with Crippen molar-refractivity contribution >= 4 is 23.7 Å². The number of aliphatic carboxylic acids is 2. The molecule has 0 unspecified atom stereocenters. The van der Waals surface area contributed by atoms with E-state index in [9.17, 15) is 27.6 Å². The van der Waals surface area contributed by atoms with Gasteiger partial charge in [-0.1, -0.05) is 0 Å². The highest BCUT2D eigenvalue weighted by atomic mass is 19.4. The van der Waals surface area contributed by atoms with Gasteiger partial charge in [0, 0.05) is 64.0 Å². The van der Waals surface area contributed by atoms with E-state index in [-0.39, 0.29) is 5.91 Å². The molecule has 1 aromatic rings. The van der Waals surface area contributed by atoms with Crippen LogP contribution in [-0.2, 0) is 20.6 Å². The van der Waals surface area contributed by atoms with E-state index in [0.717, 1.165) is 64.1 Å². The zero-order valence-corrected chi connectivity index (χ0v) is 18.7. The molecule has 2 fully saturated rings. The van der Waals surface area contributed by atoms with Gasteiger partial charge in [-0.15, -0.1) is 0 Å². The van der Waals surface area contributed by atoms with Crippen molar-refractivity contribution in [3.8, 4) is 0 Å². The fourth-order valence-electron chi connectivity index (χ4n) is 3.69. The molecule has 1 aromatic heterocycles. The molecule has 0 aromatic carbocycles. The molecule has 12 heteroatoms. The lowest BCUT2D eigenvalue weighted by Gasteiger charge is -2.35. The highest BCUT2D eigenvalue weighted by molar-refractivity contribution is 5.89. The van der Waals surface area contributed by atoms with Crippen molar-refractivity contribution in [1.29, 1.82) is 0 Å². The van der Waals surface area contributed by atoms with Gasteiger partial charge >= 0.3 is 18.1 Å². The van der Waals surface area contributed by atoms with Gasteiger partial charge in [0.2, 0.25) is 5.91 Å². The SMILES string of the molecule is O=C(O)C=CC(=O)O.O=C1CCCN1CCCCN1CCN(c2cc(C(F)(F)F)ccn2)CC1. The van der Waals surface area contributed by atoms with Crippen LogP contribution in [-0.4, -0.2) is 88.7 Å². The Hall–Kier alpha value is -3.15. The number of anilines is 1. The summed E-state index contributed by atoms with van der Waals surface area (Å²) in [6, 6.07) is 2.13. The minimum Gasteiger partial charge on any atom is -0.478 e. The number of amides is 1. The normalized spacial score (nSPS) is 17.1. The maximum Gasteiger partial charge on any atom is 0.416 e. The van der Waals surface area contributed by atoms with Crippen LogP contribution in [0.5, 0.6) is 0 Å². The van der Waals surface area contributed by atoms with E-state index >= 15 is 0 Å². The van der Waals surface area contributed by atoms with Gasteiger partial charge in [0.1, 0.15) is 5.82 Å². The molecule has 2 N–H and O–H groups in total. The van der Waals surface area contributed by atoms with Crippen molar-refractivity contribution in [2.75, 3.05) is 50.7 Å². The molecule has 3 rings (SSSR count). The summed E-state index contributed by atoms with van der Waals surface area (Å²) < 4.78 is 38.5. The predicted octanol–water partition coefficient (Wildman–Crippen LogP) is 2.34. The number of rotatable bonds is 8. The number of nitrogens with zero attached hydrogens (tertiary/aromatic N) is 4. The third-order valence-corrected chi connectivity index (χ3v) is 5.46. The monoisotopic (exact) mass is 486 g/mol. The smallest absolute Gasteiger partial charge is 0.416 e. The van der Waals surface area contributed by atoms with Crippen LogP contribution in [0.15, 0.2) is 30.5 Å². The summed E-state index contributed by atoms with van der Waals surface area (Å²) in [7, 11) is 0. The van der Waals surface area contributed by atoms with Crippen LogP contribution >= 0.6 is 0 Å². The number of pyridine rings is 1. The number of carboxylic acid groups (broad SMARTS) is 2. The van der Waals surface area contributed by atoms with Gasteiger partial charge in [-0.3, -0.25) is 9.69 Å². The second-order valence-electron chi connectivity index (χ2n) is 7.93. The van der Waals surface area contributed by atoms with E-state index < -0.39 is 23.7 Å². The van der Waals surface area contributed by atoms with Crippen molar-refractivity contribution in [2.24, 2.45) is 0 Å². The number of carbonyl (C=O) groups excluding carboxylic acids is 1. The summed E-state index contributed by atoms with van der Waals surface area (Å²) in [4.78, 5) is 40.9. The van der Waals surface area contributed by atoms with Gasteiger partial charge in [-0.25, -0.2) is 14.6 Å². The van der Waals surface area contributed by atoms with Gasteiger partial charge in [0.15, 0.2) is 0 Å². The Morgan fingerprint density at radius 2 is 1.62 bits per heavy atom. The molecule has 0 atom stereocenters. The molecule has 34 heavy (non-hydrogen) atoms. The molecule has 9 nitrogen and oxygen atoms in total. The average Bonchev–Trinajstić information content (AvgIpc) is 3.20. The van der Waals surface area contributed by atoms with Crippen LogP contribution in [0.2, 0.25) is 0 Å². The van der Waals surface area contributed by atoms with E-state index in [1.807, 2.05) is 9.80 Å². The summed E-state index contributed by atoms with van der Waals surface area (Å²) in [6.45, 7) is 5.69. The summed E-state index contributed by atoms with van der Waals surface area (Å²) in [5.41, 5.74) is -0.651. The number of aromatic nitrogens is 1. The fraction of sp³-hybridized carbons (Fsp3) is 0.545. The molecule has 0 radical (unpaired) electrons. The minimum absolute atomic E-state index is 0.271. The lowest BCUT2D eigenvalue weighted by atomic mass is 10.2. The predicted molar refractivity (Wildman–Crippen MR) is 117 cm³/mol. The lowest BCUT2D eigenvalue weighted by Crippen LogP contribution is -2.47. The van der Waals surface area contributed by atoms with E-state index in [1.165, 1.54) is 6.20 Å². The second kappa shape index (κ2) is 12.9. The number of hydrogen-bond donors (Lipinski definition) is 2. The largest absolute Gasteiger partial charge is 0.478 e. The van der Waals surface area contributed by atoms with Crippen molar-refractivity contribution < 1.29 is 37.8 Å². The van der Waals surface area contributed by atoms with Gasteiger partial charge in [-0.2, -0.15) is 13.2 Å². The molecule has 0 saturated carbocycles. The van der Waals surface area contributed by atoms with Crippen LogP contribution in [0, 0.1) is 0 Å². The maximum absolute atomic E-state index is 12.8. The molecule has 2 aliphatic heterocycles. The molecule has 3 heterocycles. The van der Waals surface area contributed by atoms with Gasteiger partial charge in [0.25, 0.3) is 0 Å². The number of likely N-dealkylation sites (tertiary alicyclic amines) is 1. The highest BCUT2D eigenvalue weighted by Gasteiger charge is 2.31. The zero-order valence-electron chi connectivity index (χ0n) is 18.7. The van der Waals surface area contributed by atoms with Crippen LogP contribution in [0.3, 0.4) is 0 Å². The number of carbonyl (C=O) groups is 3. The van der Waals surface area contributed by atoms with Crippen molar-refractivity contribution in [3.63, 3.8) is 0 Å². The Balaban J connectivity index is 0.000000440. The third kappa shape index (κ3) is 9.38. The fourth-order valence-corrected chi connectivity index (χ4v) is 3.69. The van der Waals surface area contributed by atoms with E-state index in [0.29, 0.717) is 37.5 Å². The third-order valence-electron chi connectivity index (χ3n) is 5.46. The topological polar surface area (TPSA) is 114 Å². The molecule has 2 aliphatic rings. The highest BCUT2D eigenvalue weighted by Crippen LogP contribution is 2.30. The second-order valence-corrected chi connectivity index (χ2v) is 7.93. The number of hydrogen-bond acceptors (Lipinski definition) is 6. The van der Waals surface area contributed by atoms with E-state index in [4.69, 9.17) is 10.2 Å². The molecule has 1 amide bonds. The number of piperazine rings is 1. The first kappa shape index (κ1) is 27.1. The molecule has 0 aliphatic carbocycles. The van der Waals surface area contributed by atoms with Crippen LogP contribution in [0.25, 0.3) is 0 Å².